The molecule has 2 rings (SSSR count). The number of hydrogen-bond acceptors (Lipinski definition) is 1. The molecule has 0 bridgehead atoms. The number of aryl methyl sites for hydroxylation is 1. The normalized spacial score (nSPS) is 10.4. The highest BCUT2D eigenvalue weighted by molar-refractivity contribution is 5.89. The van der Waals surface area contributed by atoms with Crippen LogP contribution in [-0.4, -0.2) is 11.1 Å². The summed E-state index contributed by atoms with van der Waals surface area (Å²) >= 11 is 0. The first kappa shape index (κ1) is 12.3. The number of carboxylic acids is 1. The maximum Gasteiger partial charge on any atom is 0.335 e. The summed E-state index contributed by atoms with van der Waals surface area (Å²) < 4.78 is 13.8. The highest BCUT2D eigenvalue weighted by Gasteiger charge is 2.12. The van der Waals surface area contributed by atoms with Crippen LogP contribution in [0.15, 0.2) is 36.4 Å². The Morgan fingerprint density at radius 1 is 1.11 bits per heavy atom. The zero-order valence-corrected chi connectivity index (χ0v) is 10.2. The van der Waals surface area contributed by atoms with E-state index in [1.807, 2.05) is 26.0 Å². The van der Waals surface area contributed by atoms with E-state index in [1.54, 1.807) is 6.07 Å². The Bertz CT molecular complexity index is 618. The van der Waals surface area contributed by atoms with Crippen LogP contribution in [0.3, 0.4) is 0 Å². The van der Waals surface area contributed by atoms with Gasteiger partial charge in [-0.15, -0.1) is 0 Å². The van der Waals surface area contributed by atoms with Crippen molar-refractivity contribution in [3.05, 3.63) is 58.9 Å². The third-order valence-corrected chi connectivity index (χ3v) is 3.11. The van der Waals surface area contributed by atoms with Crippen LogP contribution in [0.1, 0.15) is 21.5 Å². The Kier molecular flexibility index (Phi) is 3.15. The quantitative estimate of drug-likeness (QED) is 0.872. The molecule has 0 aliphatic heterocycles. The van der Waals surface area contributed by atoms with E-state index in [1.165, 1.54) is 18.2 Å². The molecule has 0 aliphatic rings. The van der Waals surface area contributed by atoms with Gasteiger partial charge in [-0.2, -0.15) is 0 Å². The number of aromatic carboxylic acids is 1. The van der Waals surface area contributed by atoms with E-state index < -0.39 is 11.8 Å². The molecule has 0 saturated carbocycles. The predicted molar refractivity (Wildman–Crippen MR) is 68.3 cm³/mol. The van der Waals surface area contributed by atoms with Crippen LogP contribution in [0.2, 0.25) is 0 Å². The summed E-state index contributed by atoms with van der Waals surface area (Å²) in [5.41, 5.74) is 3.16. The molecule has 0 amide bonds. The van der Waals surface area contributed by atoms with Crippen molar-refractivity contribution in [2.24, 2.45) is 0 Å². The fraction of sp³-hybridized carbons (Fsp3) is 0.133. The third-order valence-electron chi connectivity index (χ3n) is 3.11. The van der Waals surface area contributed by atoms with Gasteiger partial charge in [0.2, 0.25) is 0 Å². The number of benzene rings is 2. The lowest BCUT2D eigenvalue weighted by atomic mass is 9.95. The molecule has 18 heavy (non-hydrogen) atoms. The number of carboxylic acid groups (broad SMARTS) is 1. The smallest absolute Gasteiger partial charge is 0.335 e. The SMILES string of the molecule is Cc1cccc(-c2cc(C(=O)O)ccc2F)c1C. The van der Waals surface area contributed by atoms with Gasteiger partial charge in [0.15, 0.2) is 0 Å². The van der Waals surface area contributed by atoms with Crippen molar-refractivity contribution in [1.29, 1.82) is 0 Å². The Morgan fingerprint density at radius 3 is 2.50 bits per heavy atom. The average Bonchev–Trinajstić information content (AvgIpc) is 2.33. The molecule has 92 valence electrons. The van der Waals surface area contributed by atoms with E-state index in [-0.39, 0.29) is 5.56 Å². The fourth-order valence-corrected chi connectivity index (χ4v) is 1.91. The molecule has 1 N–H and O–H groups in total. The van der Waals surface area contributed by atoms with Crippen molar-refractivity contribution in [2.45, 2.75) is 13.8 Å². The lowest BCUT2D eigenvalue weighted by molar-refractivity contribution is 0.0697. The number of hydrogen-bond donors (Lipinski definition) is 1. The molecule has 0 aromatic heterocycles. The summed E-state index contributed by atoms with van der Waals surface area (Å²) in [6, 6.07) is 9.42. The number of rotatable bonds is 2. The Balaban J connectivity index is 2.66. The molecule has 0 atom stereocenters. The van der Waals surface area contributed by atoms with Crippen LogP contribution in [0.5, 0.6) is 0 Å². The van der Waals surface area contributed by atoms with E-state index in [2.05, 4.69) is 0 Å². The van der Waals surface area contributed by atoms with Crippen molar-refractivity contribution in [3.63, 3.8) is 0 Å². The second-order valence-corrected chi connectivity index (χ2v) is 4.25. The molecule has 0 radical (unpaired) electrons. The maximum atomic E-state index is 13.8. The van der Waals surface area contributed by atoms with E-state index in [0.29, 0.717) is 5.56 Å². The minimum atomic E-state index is -1.05. The molecule has 0 aliphatic carbocycles. The van der Waals surface area contributed by atoms with Crippen molar-refractivity contribution < 1.29 is 14.3 Å². The molecule has 3 heteroatoms. The van der Waals surface area contributed by atoms with Gasteiger partial charge in [-0.3, -0.25) is 0 Å². The molecule has 0 heterocycles. The first-order valence-electron chi connectivity index (χ1n) is 5.60. The van der Waals surface area contributed by atoms with Crippen LogP contribution in [0.4, 0.5) is 4.39 Å². The highest BCUT2D eigenvalue weighted by atomic mass is 19.1. The van der Waals surface area contributed by atoms with Crippen LogP contribution in [0.25, 0.3) is 11.1 Å². The maximum absolute atomic E-state index is 13.8. The van der Waals surface area contributed by atoms with Crippen molar-refractivity contribution in [1.82, 2.24) is 0 Å². The van der Waals surface area contributed by atoms with E-state index in [4.69, 9.17) is 5.11 Å². The predicted octanol–water partition coefficient (Wildman–Crippen LogP) is 3.81. The summed E-state index contributed by atoms with van der Waals surface area (Å²) in [6.07, 6.45) is 0. The number of halogens is 1. The summed E-state index contributed by atoms with van der Waals surface area (Å²) in [5, 5.41) is 8.95. The van der Waals surface area contributed by atoms with Crippen LogP contribution in [0, 0.1) is 19.7 Å². The topological polar surface area (TPSA) is 37.3 Å². The van der Waals surface area contributed by atoms with Crippen LogP contribution < -0.4 is 0 Å². The molecular formula is C15H13FO2. The minimum absolute atomic E-state index is 0.0901. The molecule has 2 nitrogen and oxygen atoms in total. The zero-order chi connectivity index (χ0) is 13.3. The summed E-state index contributed by atoms with van der Waals surface area (Å²) in [7, 11) is 0. The first-order valence-corrected chi connectivity index (χ1v) is 5.60. The monoisotopic (exact) mass is 244 g/mol. The zero-order valence-electron chi connectivity index (χ0n) is 10.2. The van der Waals surface area contributed by atoms with E-state index in [9.17, 15) is 9.18 Å². The molecule has 2 aromatic carbocycles. The van der Waals surface area contributed by atoms with Gasteiger partial charge in [0.25, 0.3) is 0 Å². The van der Waals surface area contributed by atoms with Gasteiger partial charge < -0.3 is 5.11 Å². The van der Waals surface area contributed by atoms with E-state index >= 15 is 0 Å². The van der Waals surface area contributed by atoms with Gasteiger partial charge >= 0.3 is 5.97 Å². The molecule has 0 fully saturated rings. The number of carbonyl (C=O) groups is 1. The van der Waals surface area contributed by atoms with Crippen molar-refractivity contribution in [2.75, 3.05) is 0 Å². The summed E-state index contributed by atoms with van der Waals surface area (Å²) in [4.78, 5) is 10.9. The third kappa shape index (κ3) is 2.12. The van der Waals surface area contributed by atoms with Gasteiger partial charge in [-0.1, -0.05) is 18.2 Å². The van der Waals surface area contributed by atoms with Gasteiger partial charge in [0, 0.05) is 5.56 Å². The van der Waals surface area contributed by atoms with Gasteiger partial charge in [-0.05, 0) is 48.7 Å². The standard InChI is InChI=1S/C15H13FO2/c1-9-4-3-5-12(10(9)2)13-8-11(15(17)18)6-7-14(13)16/h3-8H,1-2H3,(H,17,18). The van der Waals surface area contributed by atoms with Gasteiger partial charge in [0.05, 0.1) is 5.56 Å². The van der Waals surface area contributed by atoms with Crippen molar-refractivity contribution >= 4 is 5.97 Å². The molecule has 0 saturated heterocycles. The lowest BCUT2D eigenvalue weighted by Gasteiger charge is -2.10. The average molecular weight is 244 g/mol. The lowest BCUT2D eigenvalue weighted by Crippen LogP contribution is -1.98. The molecule has 0 unspecified atom stereocenters. The largest absolute Gasteiger partial charge is 0.478 e. The Hall–Kier alpha value is -2.16. The fourth-order valence-electron chi connectivity index (χ4n) is 1.91. The Morgan fingerprint density at radius 2 is 1.83 bits per heavy atom. The Labute approximate surface area is 105 Å². The van der Waals surface area contributed by atoms with Gasteiger partial charge in [-0.25, -0.2) is 9.18 Å². The van der Waals surface area contributed by atoms with E-state index in [0.717, 1.165) is 16.7 Å². The second kappa shape index (κ2) is 4.61. The minimum Gasteiger partial charge on any atom is -0.478 e. The van der Waals surface area contributed by atoms with Crippen LogP contribution in [-0.2, 0) is 0 Å². The van der Waals surface area contributed by atoms with Crippen LogP contribution >= 0.6 is 0 Å². The highest BCUT2D eigenvalue weighted by Crippen LogP contribution is 2.28. The molecular weight excluding hydrogens is 231 g/mol. The summed E-state index contributed by atoms with van der Waals surface area (Å²) in [6.45, 7) is 3.84. The molecule has 2 aromatic rings. The van der Waals surface area contributed by atoms with Gasteiger partial charge in [0.1, 0.15) is 5.82 Å². The van der Waals surface area contributed by atoms with Crippen molar-refractivity contribution in [3.8, 4) is 11.1 Å². The first-order chi connectivity index (χ1) is 8.50. The second-order valence-electron chi connectivity index (χ2n) is 4.25. The molecule has 0 spiro atoms. The summed E-state index contributed by atoms with van der Waals surface area (Å²) in [5.74, 6) is -1.46.